The van der Waals surface area contributed by atoms with Crippen molar-refractivity contribution in [2.45, 2.75) is 180 Å². The van der Waals surface area contributed by atoms with Gasteiger partial charge in [0.15, 0.2) is 5.78 Å². The van der Waals surface area contributed by atoms with Gasteiger partial charge in [-0.05, 0) is 107 Å². The third-order valence-corrected chi connectivity index (χ3v) is 16.1. The smallest absolute Gasteiger partial charge is 0.329 e. The van der Waals surface area contributed by atoms with Gasteiger partial charge in [-0.2, -0.15) is 0 Å². The number of ether oxygens (including phenoxy) is 6. The van der Waals surface area contributed by atoms with E-state index in [9.17, 15) is 42.6 Å². The van der Waals surface area contributed by atoms with Crippen LogP contribution < -0.4 is 10.5 Å². The number of aliphatic hydroxyl groups is 2. The first kappa shape index (κ1) is 63.0. The largest absolute Gasteiger partial charge is 0.460 e. The van der Waals surface area contributed by atoms with E-state index in [1.165, 1.54) is 12.0 Å². The molecule has 15 atom stereocenters. The van der Waals surface area contributed by atoms with E-state index < -0.39 is 87.8 Å². The van der Waals surface area contributed by atoms with Gasteiger partial charge in [-0.15, -0.1) is 0 Å². The number of ketones is 3. The molecule has 74 heavy (non-hydrogen) atoms. The highest BCUT2D eigenvalue weighted by Gasteiger charge is 2.53. The van der Waals surface area contributed by atoms with E-state index in [-0.39, 0.29) is 93.6 Å². The molecule has 2 bridgehead atoms. The maximum absolute atomic E-state index is 14.6. The molecule has 0 aromatic rings. The molecule has 0 aromatic heterocycles. The Kier molecular flexibility index (Phi) is 25.4. The van der Waals surface area contributed by atoms with Gasteiger partial charge in [-0.3, -0.25) is 19.2 Å². The molecule has 0 spiro atoms. The van der Waals surface area contributed by atoms with Gasteiger partial charge in [0.25, 0.3) is 11.7 Å². The van der Waals surface area contributed by atoms with Crippen LogP contribution in [0.15, 0.2) is 47.6 Å². The molecule has 1 amide bonds. The Labute approximate surface area is 440 Å². The lowest BCUT2D eigenvalue weighted by Gasteiger charge is -2.43. The van der Waals surface area contributed by atoms with Crippen molar-refractivity contribution < 1.29 is 71.0 Å². The minimum absolute atomic E-state index is 0.0119. The number of aliphatic hydroxyl groups excluding tert-OH is 1. The summed E-state index contributed by atoms with van der Waals surface area (Å²) in [7, 11) is -0.414. The summed E-state index contributed by atoms with van der Waals surface area (Å²) in [6.45, 7) is 13.4. The number of fused-ring (bicyclic) bond motifs is 3. The van der Waals surface area contributed by atoms with Gasteiger partial charge in [0.05, 0.1) is 43.9 Å². The Morgan fingerprint density at radius 1 is 0.892 bits per heavy atom. The summed E-state index contributed by atoms with van der Waals surface area (Å²) in [5, 5.41) is 23.6. The lowest BCUT2D eigenvalue weighted by Crippen LogP contribution is -2.61. The minimum atomic E-state index is -3.38. The quantitative estimate of drug-likeness (QED) is 0.0812. The normalized spacial score (nSPS) is 37.2. The van der Waals surface area contributed by atoms with Gasteiger partial charge in [0, 0.05) is 64.4 Å². The Balaban J connectivity index is 1.69. The maximum atomic E-state index is 14.6. The van der Waals surface area contributed by atoms with Crippen LogP contribution in [0, 0.1) is 35.5 Å². The van der Waals surface area contributed by atoms with Crippen molar-refractivity contribution in [3.05, 3.63) is 47.6 Å². The summed E-state index contributed by atoms with van der Waals surface area (Å²) in [4.78, 5) is 72.6. The lowest BCUT2D eigenvalue weighted by atomic mass is 9.78. The van der Waals surface area contributed by atoms with E-state index in [1.807, 2.05) is 51.2 Å². The van der Waals surface area contributed by atoms with E-state index in [4.69, 9.17) is 34.2 Å². The molecule has 0 radical (unpaired) electrons. The number of hydrogen-bond donors (Lipinski definition) is 4. The van der Waals surface area contributed by atoms with Gasteiger partial charge in [0.2, 0.25) is 15.8 Å². The van der Waals surface area contributed by atoms with Crippen molar-refractivity contribution in [2.75, 3.05) is 53.3 Å². The molecule has 3 fully saturated rings. The first-order valence-corrected chi connectivity index (χ1v) is 28.7. The average Bonchev–Trinajstić information content (AvgIpc) is 3.36. The minimum Gasteiger partial charge on any atom is -0.460 e. The lowest BCUT2D eigenvalue weighted by molar-refractivity contribution is -0.266. The first-order chi connectivity index (χ1) is 34.9. The number of methoxy groups -OCH3 is 2. The second kappa shape index (κ2) is 29.9. The molecule has 420 valence electrons. The van der Waals surface area contributed by atoms with Crippen molar-refractivity contribution in [2.24, 2.45) is 41.2 Å². The Bertz CT molecular complexity index is 2110. The number of amides is 1. The summed E-state index contributed by atoms with van der Waals surface area (Å²) in [5.74, 6) is -8.39. The van der Waals surface area contributed by atoms with Crippen LogP contribution in [-0.4, -0.2) is 161 Å². The van der Waals surface area contributed by atoms with Gasteiger partial charge in [-0.1, -0.05) is 71.1 Å². The number of nitrogens with two attached hydrogens (primary N) is 1. The van der Waals surface area contributed by atoms with Gasteiger partial charge in [-0.25, -0.2) is 17.9 Å². The molecule has 3 aliphatic heterocycles. The number of esters is 1. The number of allylic oxidation sites excluding steroid dienone is 6. The number of carbonyl (C=O) groups excluding carboxylic acids is 5. The van der Waals surface area contributed by atoms with Gasteiger partial charge < -0.3 is 49.3 Å². The van der Waals surface area contributed by atoms with E-state index in [0.717, 1.165) is 18.2 Å². The number of piperidine rings is 1. The van der Waals surface area contributed by atoms with Crippen LogP contribution in [0.5, 0.6) is 0 Å². The number of sulfonamides is 1. The second-order valence-corrected chi connectivity index (χ2v) is 23.4. The van der Waals surface area contributed by atoms with Crippen LogP contribution in [0.25, 0.3) is 0 Å². The number of carbonyl (C=O) groups is 5. The molecule has 3 heterocycles. The summed E-state index contributed by atoms with van der Waals surface area (Å²) >= 11 is 0. The highest BCUT2D eigenvalue weighted by Crippen LogP contribution is 2.38. The fourth-order valence-corrected chi connectivity index (χ4v) is 11.3. The molecule has 15 unspecified atom stereocenters. The Morgan fingerprint density at radius 3 is 2.30 bits per heavy atom. The molecule has 1 aliphatic carbocycles. The van der Waals surface area contributed by atoms with Crippen LogP contribution >= 0.6 is 0 Å². The zero-order valence-electron chi connectivity index (χ0n) is 45.7. The summed E-state index contributed by atoms with van der Waals surface area (Å²) in [6, 6.07) is -1.18. The highest BCUT2D eigenvalue weighted by molar-refractivity contribution is 7.88. The highest BCUT2D eigenvalue weighted by atomic mass is 32.2. The van der Waals surface area contributed by atoms with Crippen LogP contribution in [0.1, 0.15) is 126 Å². The summed E-state index contributed by atoms with van der Waals surface area (Å²) in [5.41, 5.74) is 7.03. The molecular weight excluding hydrogens is 975 g/mol. The van der Waals surface area contributed by atoms with Crippen LogP contribution in [0.3, 0.4) is 0 Å². The zero-order valence-corrected chi connectivity index (χ0v) is 46.5. The predicted molar refractivity (Wildman–Crippen MR) is 280 cm³/mol. The summed E-state index contributed by atoms with van der Waals surface area (Å²) in [6.07, 6.45) is 12.0. The Hall–Kier alpha value is -3.50. The molecule has 18 nitrogen and oxygen atoms in total. The van der Waals surface area contributed by atoms with Gasteiger partial charge >= 0.3 is 5.97 Å². The van der Waals surface area contributed by atoms with E-state index in [0.29, 0.717) is 56.9 Å². The predicted octanol–water partition coefficient (Wildman–Crippen LogP) is 5.08. The van der Waals surface area contributed by atoms with Crippen molar-refractivity contribution in [3.63, 3.8) is 0 Å². The van der Waals surface area contributed by atoms with Crippen molar-refractivity contribution in [3.8, 4) is 0 Å². The number of nitrogens with one attached hydrogen (secondary N) is 1. The fourth-order valence-electron chi connectivity index (χ4n) is 10.9. The van der Waals surface area contributed by atoms with Crippen molar-refractivity contribution in [1.82, 2.24) is 9.62 Å². The van der Waals surface area contributed by atoms with E-state index in [1.54, 1.807) is 40.9 Å². The summed E-state index contributed by atoms with van der Waals surface area (Å²) < 4.78 is 61.8. The molecule has 1 saturated carbocycles. The molecule has 2 saturated heterocycles. The fraction of sp³-hybridized carbons (Fsp3) is 0.764. The molecule has 4 aliphatic rings. The number of nitrogens with zero attached hydrogens (tertiary/aromatic N) is 1. The number of rotatable bonds is 13. The average molecular weight is 1060 g/mol. The van der Waals surface area contributed by atoms with Crippen LogP contribution in [0.4, 0.5) is 0 Å². The monoisotopic (exact) mass is 1060 g/mol. The van der Waals surface area contributed by atoms with E-state index in [2.05, 4.69) is 4.72 Å². The molecule has 5 N–H and O–H groups in total. The topological polar surface area (TPSA) is 257 Å². The maximum Gasteiger partial charge on any atom is 0.329 e. The molecule has 19 heteroatoms. The SMILES string of the molecule is COC1CC(CC(C)C2CC(=O)C(C)/C=C(\C)C(O)C(OC)C(=O)C(C)CC(C)/C=C/C=C/C=C(\C)C(OCCN)CC3CCC(C)C(O)(O3)C(=O)C(=O)N3CCCCC3C(=O)O2)CCC1OCCNS(C)(=O)=O. The van der Waals surface area contributed by atoms with Crippen molar-refractivity contribution in [1.29, 1.82) is 0 Å². The molecule has 4 rings (SSSR count). The van der Waals surface area contributed by atoms with Crippen molar-refractivity contribution >= 4 is 39.2 Å². The van der Waals surface area contributed by atoms with Crippen LogP contribution in [0.2, 0.25) is 0 Å². The number of Topliss-reactive ketones (excluding diaryl/α,β-unsaturated/α-hetero) is 3. The van der Waals surface area contributed by atoms with Crippen LogP contribution in [-0.2, 0) is 62.4 Å². The first-order valence-electron chi connectivity index (χ1n) is 26.8. The Morgan fingerprint density at radius 2 is 1.62 bits per heavy atom. The second-order valence-electron chi connectivity index (χ2n) is 21.5. The third kappa shape index (κ3) is 18.3. The zero-order chi connectivity index (χ0) is 54.9. The van der Waals surface area contributed by atoms with E-state index >= 15 is 0 Å². The standard InChI is InChI=1S/C55H89N3O15S/c1-34-16-12-11-13-17-35(2)46(70-26-23-56)32-42-21-19-40(7)55(65,73-42)52(62)53(63)58-25-15-14-18-43(58)54(64)72-47(33-44(59)36(3)29-39(6)50(61)51(69-9)49(60)38(5)28-34)37(4)30-41-20-22-45(48(31-41)68-8)71-27-24-57-74(10,66)67/h11-13,16-17,29,34,36-38,40-43,45-48,50-51,57,61,65H,14-15,18-28,30-33,56H2,1-10H3/b13-11+,16-12+,35-17+,39-29+. The third-order valence-electron chi connectivity index (χ3n) is 15.4. The molecule has 0 aromatic carbocycles. The molecular formula is C55H89N3O15S. The number of cyclic esters (lactones) is 1. The van der Waals surface area contributed by atoms with Gasteiger partial charge in [0.1, 0.15) is 30.1 Å². The number of hydrogen-bond acceptors (Lipinski definition) is 16.